The number of nitrogens with zero attached hydrogens (tertiary/aromatic N) is 5. The Hall–Kier alpha value is -2.80. The van der Waals surface area contributed by atoms with Crippen molar-refractivity contribution in [2.75, 3.05) is 13.2 Å². The molecule has 1 atom stereocenters. The van der Waals surface area contributed by atoms with Crippen LogP contribution in [0.2, 0.25) is 0 Å². The van der Waals surface area contributed by atoms with Gasteiger partial charge >= 0.3 is 0 Å². The topological polar surface area (TPSA) is 73.1 Å². The summed E-state index contributed by atoms with van der Waals surface area (Å²) in [6, 6.07) is 9.35. The number of para-hydroxylation sites is 1. The third kappa shape index (κ3) is 2.74. The van der Waals surface area contributed by atoms with E-state index in [-0.39, 0.29) is 11.9 Å². The van der Waals surface area contributed by atoms with Crippen LogP contribution in [-0.4, -0.2) is 43.7 Å². The van der Waals surface area contributed by atoms with Crippen LogP contribution in [0, 0.1) is 0 Å². The number of rotatable bonds is 4. The maximum absolute atomic E-state index is 13.2. The largest absolute Gasteiger partial charge is 0.374 e. The Balaban J connectivity index is 1.65. The fraction of sp³-hybridized carbons (Fsp3) is 0.368. The standard InChI is InChI=1S/C19H21N5O2/c1-3-26-12-17-21-22-18-13(2)23(10-11-24(17)18)19(25)15-8-9-20-16-7-5-4-6-14(15)16/h4-9,13H,3,10-12H2,1-2H3/t13-/m0/s1. The molecule has 7 heteroatoms. The van der Waals surface area contributed by atoms with Crippen LogP contribution >= 0.6 is 0 Å². The van der Waals surface area contributed by atoms with E-state index < -0.39 is 0 Å². The number of hydrogen-bond donors (Lipinski definition) is 0. The molecule has 3 aromatic rings. The van der Waals surface area contributed by atoms with Gasteiger partial charge in [-0.25, -0.2) is 0 Å². The summed E-state index contributed by atoms with van der Waals surface area (Å²) in [5.74, 6) is 1.62. The lowest BCUT2D eigenvalue weighted by Crippen LogP contribution is -2.41. The van der Waals surface area contributed by atoms with Crippen molar-refractivity contribution in [1.82, 2.24) is 24.6 Å². The predicted octanol–water partition coefficient (Wildman–Crippen LogP) is 2.58. The Morgan fingerprint density at radius 2 is 2.08 bits per heavy atom. The van der Waals surface area contributed by atoms with Crippen molar-refractivity contribution in [3.63, 3.8) is 0 Å². The zero-order valence-electron chi connectivity index (χ0n) is 14.9. The van der Waals surface area contributed by atoms with Gasteiger partial charge < -0.3 is 14.2 Å². The van der Waals surface area contributed by atoms with Gasteiger partial charge in [-0.2, -0.15) is 0 Å². The molecule has 0 bridgehead atoms. The van der Waals surface area contributed by atoms with Gasteiger partial charge in [0.25, 0.3) is 5.91 Å². The molecule has 7 nitrogen and oxygen atoms in total. The van der Waals surface area contributed by atoms with Crippen LogP contribution in [0.25, 0.3) is 10.9 Å². The highest BCUT2D eigenvalue weighted by Gasteiger charge is 2.32. The molecule has 134 valence electrons. The van der Waals surface area contributed by atoms with Crippen LogP contribution < -0.4 is 0 Å². The molecular weight excluding hydrogens is 330 g/mol. The van der Waals surface area contributed by atoms with Crippen molar-refractivity contribution in [3.05, 3.63) is 53.7 Å². The molecule has 26 heavy (non-hydrogen) atoms. The second-order valence-electron chi connectivity index (χ2n) is 6.31. The number of amides is 1. The van der Waals surface area contributed by atoms with Crippen LogP contribution in [0.5, 0.6) is 0 Å². The van der Waals surface area contributed by atoms with E-state index in [4.69, 9.17) is 4.74 Å². The van der Waals surface area contributed by atoms with Gasteiger partial charge in [0.05, 0.1) is 17.1 Å². The van der Waals surface area contributed by atoms with E-state index in [9.17, 15) is 4.79 Å². The van der Waals surface area contributed by atoms with E-state index in [1.54, 1.807) is 12.3 Å². The van der Waals surface area contributed by atoms with Gasteiger partial charge in [-0.05, 0) is 26.0 Å². The average Bonchev–Trinajstić information content (AvgIpc) is 3.09. The maximum Gasteiger partial charge on any atom is 0.255 e. The molecule has 1 aliphatic rings. The summed E-state index contributed by atoms with van der Waals surface area (Å²) >= 11 is 0. The summed E-state index contributed by atoms with van der Waals surface area (Å²) in [5.41, 5.74) is 1.50. The lowest BCUT2D eigenvalue weighted by molar-refractivity contribution is 0.0632. The molecule has 0 unspecified atom stereocenters. The second kappa shape index (κ2) is 6.84. The fourth-order valence-electron chi connectivity index (χ4n) is 3.46. The van der Waals surface area contributed by atoms with E-state index in [0.29, 0.717) is 31.9 Å². The van der Waals surface area contributed by atoms with E-state index in [1.165, 1.54) is 0 Å². The first kappa shape index (κ1) is 16.7. The quantitative estimate of drug-likeness (QED) is 0.722. The van der Waals surface area contributed by atoms with Crippen molar-refractivity contribution >= 4 is 16.8 Å². The maximum atomic E-state index is 13.2. The van der Waals surface area contributed by atoms with E-state index in [2.05, 4.69) is 19.7 Å². The summed E-state index contributed by atoms with van der Waals surface area (Å²) in [4.78, 5) is 19.4. The van der Waals surface area contributed by atoms with Crippen molar-refractivity contribution < 1.29 is 9.53 Å². The molecular formula is C19H21N5O2. The van der Waals surface area contributed by atoms with Crippen molar-refractivity contribution in [3.8, 4) is 0 Å². The molecule has 1 aliphatic heterocycles. The average molecular weight is 351 g/mol. The first-order valence-corrected chi connectivity index (χ1v) is 8.85. The number of benzene rings is 1. The monoisotopic (exact) mass is 351 g/mol. The van der Waals surface area contributed by atoms with Crippen molar-refractivity contribution in [1.29, 1.82) is 0 Å². The van der Waals surface area contributed by atoms with E-state index >= 15 is 0 Å². The van der Waals surface area contributed by atoms with Crippen LogP contribution in [0.4, 0.5) is 0 Å². The van der Waals surface area contributed by atoms with Crippen LogP contribution in [-0.2, 0) is 17.9 Å². The Morgan fingerprint density at radius 1 is 1.23 bits per heavy atom. The molecule has 0 saturated carbocycles. The Bertz CT molecular complexity index is 947. The van der Waals surface area contributed by atoms with Gasteiger partial charge in [0, 0.05) is 31.3 Å². The Kier molecular flexibility index (Phi) is 4.38. The summed E-state index contributed by atoms with van der Waals surface area (Å²) in [6.07, 6.45) is 1.69. The summed E-state index contributed by atoms with van der Waals surface area (Å²) in [7, 11) is 0. The van der Waals surface area contributed by atoms with Crippen LogP contribution in [0.1, 0.15) is 41.9 Å². The Morgan fingerprint density at radius 3 is 2.92 bits per heavy atom. The predicted molar refractivity (Wildman–Crippen MR) is 96.5 cm³/mol. The van der Waals surface area contributed by atoms with Crippen molar-refractivity contribution in [2.45, 2.75) is 33.0 Å². The molecule has 0 aliphatic carbocycles. The van der Waals surface area contributed by atoms with Crippen LogP contribution in [0.3, 0.4) is 0 Å². The second-order valence-corrected chi connectivity index (χ2v) is 6.31. The van der Waals surface area contributed by atoms with E-state index in [0.717, 1.165) is 22.6 Å². The fourth-order valence-corrected chi connectivity index (χ4v) is 3.46. The Labute approximate surface area is 151 Å². The molecule has 0 N–H and O–H groups in total. The third-order valence-corrected chi connectivity index (χ3v) is 4.84. The lowest BCUT2D eigenvalue weighted by Gasteiger charge is -2.34. The zero-order valence-corrected chi connectivity index (χ0v) is 14.9. The van der Waals surface area contributed by atoms with Gasteiger partial charge in [-0.1, -0.05) is 18.2 Å². The SMILES string of the molecule is CCOCc1nnc2n1CCN(C(=O)c1ccnc3ccccc13)[C@H]2C. The van der Waals surface area contributed by atoms with Crippen molar-refractivity contribution in [2.24, 2.45) is 0 Å². The highest BCUT2D eigenvalue weighted by Crippen LogP contribution is 2.28. The first-order valence-electron chi connectivity index (χ1n) is 8.85. The molecule has 0 spiro atoms. The molecule has 3 heterocycles. The minimum atomic E-state index is -0.147. The van der Waals surface area contributed by atoms with Gasteiger partial charge in [-0.15, -0.1) is 10.2 Å². The minimum absolute atomic E-state index is 0.00305. The number of fused-ring (bicyclic) bond motifs is 2. The highest BCUT2D eigenvalue weighted by atomic mass is 16.5. The molecule has 2 aromatic heterocycles. The molecule has 1 amide bonds. The summed E-state index contributed by atoms with van der Waals surface area (Å²) in [5, 5.41) is 9.42. The molecule has 0 radical (unpaired) electrons. The molecule has 4 rings (SSSR count). The normalized spacial score (nSPS) is 16.7. The number of carbonyl (C=O) groups excluding carboxylic acids is 1. The highest BCUT2D eigenvalue weighted by molar-refractivity contribution is 6.06. The number of carbonyl (C=O) groups is 1. The van der Waals surface area contributed by atoms with E-state index in [1.807, 2.05) is 43.0 Å². The summed E-state index contributed by atoms with van der Waals surface area (Å²) < 4.78 is 7.52. The smallest absolute Gasteiger partial charge is 0.255 e. The number of pyridine rings is 1. The molecule has 0 fully saturated rings. The van der Waals surface area contributed by atoms with Crippen LogP contribution in [0.15, 0.2) is 36.5 Å². The molecule has 1 aromatic carbocycles. The first-order chi connectivity index (χ1) is 12.7. The van der Waals surface area contributed by atoms with Gasteiger partial charge in [-0.3, -0.25) is 9.78 Å². The van der Waals surface area contributed by atoms with Gasteiger partial charge in [0.1, 0.15) is 6.61 Å². The van der Waals surface area contributed by atoms with Gasteiger partial charge in [0.15, 0.2) is 11.6 Å². The molecule has 0 saturated heterocycles. The third-order valence-electron chi connectivity index (χ3n) is 4.84. The van der Waals surface area contributed by atoms with Gasteiger partial charge in [0.2, 0.25) is 0 Å². The number of aromatic nitrogens is 4. The summed E-state index contributed by atoms with van der Waals surface area (Å²) in [6.45, 7) is 6.31. The number of hydrogen-bond acceptors (Lipinski definition) is 5. The minimum Gasteiger partial charge on any atom is -0.374 e. The zero-order chi connectivity index (χ0) is 18.1. The number of ether oxygens (including phenoxy) is 1. The lowest BCUT2D eigenvalue weighted by atomic mass is 10.1.